The van der Waals surface area contributed by atoms with Crippen LogP contribution in [0.3, 0.4) is 0 Å². The van der Waals surface area contributed by atoms with Crippen molar-refractivity contribution in [2.75, 3.05) is 11.9 Å². The highest BCUT2D eigenvalue weighted by Gasteiger charge is 2.39. The Morgan fingerprint density at radius 3 is 2.61 bits per heavy atom. The molecule has 2 heterocycles. The van der Waals surface area contributed by atoms with E-state index in [1.54, 1.807) is 30.5 Å². The molecule has 0 radical (unpaired) electrons. The van der Waals surface area contributed by atoms with Crippen molar-refractivity contribution in [2.24, 2.45) is 10.1 Å². The first-order chi connectivity index (χ1) is 16.1. The number of rotatable bonds is 8. The van der Waals surface area contributed by atoms with E-state index in [4.69, 9.17) is 11.6 Å². The summed E-state index contributed by atoms with van der Waals surface area (Å²) in [5, 5.41) is 10.9. The predicted octanol–water partition coefficient (Wildman–Crippen LogP) is 5.31. The van der Waals surface area contributed by atoms with E-state index >= 15 is 0 Å². The van der Waals surface area contributed by atoms with Crippen LogP contribution >= 0.6 is 34.7 Å². The van der Waals surface area contributed by atoms with Crippen LogP contribution in [0.15, 0.2) is 82.2 Å². The maximum Gasteiger partial charge on any atom is 0.263 e. The zero-order valence-electron chi connectivity index (χ0n) is 17.6. The zero-order valence-corrected chi connectivity index (χ0v) is 19.9. The molecule has 1 atom stereocenters. The van der Waals surface area contributed by atoms with Crippen LogP contribution in [0.1, 0.15) is 16.9 Å². The van der Waals surface area contributed by atoms with Gasteiger partial charge in [0.15, 0.2) is 5.17 Å². The van der Waals surface area contributed by atoms with E-state index in [1.165, 1.54) is 33.7 Å². The third-order valence-corrected chi connectivity index (χ3v) is 6.97. The van der Waals surface area contributed by atoms with E-state index in [0.29, 0.717) is 22.4 Å². The van der Waals surface area contributed by atoms with Crippen molar-refractivity contribution in [3.05, 3.63) is 87.6 Å². The molecular weight excluding hydrogens is 476 g/mol. The van der Waals surface area contributed by atoms with Crippen LogP contribution in [0.5, 0.6) is 0 Å². The summed E-state index contributed by atoms with van der Waals surface area (Å²) >= 11 is 8.70. The number of carbonyl (C=O) groups is 2. The normalized spacial score (nSPS) is 17.2. The number of aliphatic imine (C=N–C) groups is 1. The summed E-state index contributed by atoms with van der Waals surface area (Å²) < 4.78 is 0. The molecule has 0 aliphatic carbocycles. The van der Waals surface area contributed by atoms with Crippen LogP contribution in [0, 0.1) is 0 Å². The van der Waals surface area contributed by atoms with E-state index in [2.05, 4.69) is 15.4 Å². The van der Waals surface area contributed by atoms with Crippen LogP contribution in [0.4, 0.5) is 5.69 Å². The lowest BCUT2D eigenvalue weighted by molar-refractivity contribution is -0.128. The lowest BCUT2D eigenvalue weighted by atomic mass is 10.2. The fourth-order valence-electron chi connectivity index (χ4n) is 3.12. The molecule has 2 aromatic carbocycles. The summed E-state index contributed by atoms with van der Waals surface area (Å²) in [5.74, 6) is -0.506. The number of carbonyl (C=O) groups excluding carboxylic acids is 2. The molecule has 0 bridgehead atoms. The Kier molecular flexibility index (Phi) is 7.93. The number of amides is 2. The second-order valence-corrected chi connectivity index (χ2v) is 9.76. The van der Waals surface area contributed by atoms with Crippen LogP contribution in [0.2, 0.25) is 5.02 Å². The van der Waals surface area contributed by atoms with E-state index < -0.39 is 5.25 Å². The summed E-state index contributed by atoms with van der Waals surface area (Å²) in [4.78, 5) is 31.2. The third-order valence-electron chi connectivity index (χ3n) is 4.75. The third kappa shape index (κ3) is 6.54. The van der Waals surface area contributed by atoms with Crippen LogP contribution in [-0.4, -0.2) is 40.0 Å². The average Bonchev–Trinajstić information content (AvgIpc) is 3.43. The largest absolute Gasteiger partial charge is 0.326 e. The number of hydrazone groups is 1. The van der Waals surface area contributed by atoms with Crippen molar-refractivity contribution in [3.8, 4) is 0 Å². The molecular formula is C24H21ClN4O2S2. The van der Waals surface area contributed by atoms with Crippen LogP contribution in [-0.2, 0) is 16.0 Å². The fraction of sp³-hybridized carbons (Fsp3) is 0.167. The molecule has 33 heavy (non-hydrogen) atoms. The quantitative estimate of drug-likeness (QED) is 0.429. The smallest absolute Gasteiger partial charge is 0.263 e. The van der Waals surface area contributed by atoms with Gasteiger partial charge >= 0.3 is 0 Å². The summed E-state index contributed by atoms with van der Waals surface area (Å²) in [6.07, 6.45) is 2.42. The zero-order chi connectivity index (χ0) is 23.0. The number of thioether (sulfide) groups is 1. The Morgan fingerprint density at radius 2 is 1.88 bits per heavy atom. The predicted molar refractivity (Wildman–Crippen MR) is 137 cm³/mol. The first kappa shape index (κ1) is 23.2. The van der Waals surface area contributed by atoms with Crippen molar-refractivity contribution >= 4 is 63.6 Å². The van der Waals surface area contributed by atoms with Gasteiger partial charge in [-0.15, -0.1) is 11.3 Å². The molecule has 1 aromatic heterocycles. The minimum Gasteiger partial charge on any atom is -0.326 e. The molecule has 1 saturated heterocycles. The number of anilines is 1. The monoisotopic (exact) mass is 496 g/mol. The minimum absolute atomic E-state index is 0.0227. The molecule has 1 N–H and O–H groups in total. The molecule has 1 aliphatic heterocycles. The van der Waals surface area contributed by atoms with Gasteiger partial charge in [-0.25, -0.2) is 0 Å². The molecule has 1 fully saturated rings. The van der Waals surface area contributed by atoms with Gasteiger partial charge in [-0.1, -0.05) is 59.8 Å². The molecule has 0 saturated carbocycles. The van der Waals surface area contributed by atoms with Crippen molar-refractivity contribution in [1.82, 2.24) is 5.01 Å². The van der Waals surface area contributed by atoms with Gasteiger partial charge in [0.2, 0.25) is 5.91 Å². The van der Waals surface area contributed by atoms with Gasteiger partial charge in [-0.3, -0.25) is 14.6 Å². The molecule has 3 aromatic rings. The maximum absolute atomic E-state index is 13.1. The second-order valence-electron chi connectivity index (χ2n) is 7.18. The first-order valence-corrected chi connectivity index (χ1v) is 12.4. The summed E-state index contributed by atoms with van der Waals surface area (Å²) in [6, 6.07) is 20.7. The number of halogens is 1. The highest BCUT2D eigenvalue weighted by molar-refractivity contribution is 8.15. The lowest BCUT2D eigenvalue weighted by Crippen LogP contribution is -2.30. The summed E-state index contributed by atoms with van der Waals surface area (Å²) in [5.41, 5.74) is 1.80. The average molecular weight is 497 g/mol. The molecule has 2 amide bonds. The van der Waals surface area contributed by atoms with E-state index in [-0.39, 0.29) is 18.2 Å². The van der Waals surface area contributed by atoms with Crippen LogP contribution in [0.25, 0.3) is 0 Å². The summed E-state index contributed by atoms with van der Waals surface area (Å²) in [6.45, 7) is 0.522. The Balaban J connectivity index is 1.45. The molecule has 6 nitrogen and oxygen atoms in total. The van der Waals surface area contributed by atoms with Gasteiger partial charge in [0.1, 0.15) is 5.25 Å². The fourth-order valence-corrected chi connectivity index (χ4v) is 4.91. The Hall–Kier alpha value is -2.94. The molecule has 1 aliphatic rings. The molecule has 4 rings (SSSR count). The van der Waals surface area contributed by atoms with E-state index in [0.717, 1.165) is 11.3 Å². The van der Waals surface area contributed by atoms with Crippen molar-refractivity contribution < 1.29 is 9.59 Å². The summed E-state index contributed by atoms with van der Waals surface area (Å²) in [7, 11) is 0. The van der Waals surface area contributed by atoms with E-state index in [9.17, 15) is 9.59 Å². The van der Waals surface area contributed by atoms with Gasteiger partial charge in [-0.05, 0) is 47.7 Å². The lowest BCUT2D eigenvalue weighted by Gasteiger charge is -2.10. The number of nitrogens with zero attached hydrogens (tertiary/aromatic N) is 3. The topological polar surface area (TPSA) is 74.1 Å². The van der Waals surface area contributed by atoms with Crippen molar-refractivity contribution in [2.45, 2.75) is 18.1 Å². The molecule has 9 heteroatoms. The standard InChI is InChI=1S/C24H21ClN4O2S2/c25-18-8-10-19(11-9-18)28-22(30)15-21-23(31)29(27-16-20-7-4-14-32-20)24(33-21)26-13-12-17-5-2-1-3-6-17/h1-11,14,16,21H,12-13,15H2,(H,28,30)/b26-24?,27-16+. The number of hydrogen-bond acceptors (Lipinski definition) is 6. The van der Waals surface area contributed by atoms with Gasteiger partial charge in [0.05, 0.1) is 6.21 Å². The molecule has 1 unspecified atom stereocenters. The SMILES string of the molecule is O=C(CC1SC(=NCCc2ccccc2)N(/N=C/c2cccs2)C1=O)Nc1ccc(Cl)cc1. The van der Waals surface area contributed by atoms with Gasteiger partial charge < -0.3 is 5.32 Å². The first-order valence-electron chi connectivity index (χ1n) is 10.3. The van der Waals surface area contributed by atoms with Gasteiger partial charge in [-0.2, -0.15) is 10.1 Å². The Bertz CT molecular complexity index is 1150. The van der Waals surface area contributed by atoms with Crippen molar-refractivity contribution in [1.29, 1.82) is 0 Å². The Morgan fingerprint density at radius 1 is 1.09 bits per heavy atom. The van der Waals surface area contributed by atoms with Crippen LogP contribution < -0.4 is 5.32 Å². The number of amidine groups is 1. The van der Waals surface area contributed by atoms with Gasteiger partial charge in [0, 0.05) is 28.6 Å². The highest BCUT2D eigenvalue weighted by Crippen LogP contribution is 2.30. The number of nitrogens with one attached hydrogen (secondary N) is 1. The molecule has 168 valence electrons. The maximum atomic E-state index is 13.1. The minimum atomic E-state index is -0.590. The number of benzene rings is 2. The van der Waals surface area contributed by atoms with Gasteiger partial charge in [0.25, 0.3) is 5.91 Å². The second kappa shape index (κ2) is 11.3. The Labute approximate surface area is 205 Å². The van der Waals surface area contributed by atoms with E-state index in [1.807, 2.05) is 47.8 Å². The number of hydrogen-bond donors (Lipinski definition) is 1. The number of thiophene rings is 1. The van der Waals surface area contributed by atoms with Crippen molar-refractivity contribution in [3.63, 3.8) is 0 Å². The highest BCUT2D eigenvalue weighted by atomic mass is 35.5. The molecule has 0 spiro atoms.